The van der Waals surface area contributed by atoms with E-state index in [1.807, 2.05) is 0 Å². The van der Waals surface area contributed by atoms with E-state index in [2.05, 4.69) is 9.97 Å². The zero-order valence-electron chi connectivity index (χ0n) is 13.2. The lowest BCUT2D eigenvalue weighted by Gasteiger charge is -2.31. The molecule has 0 bridgehead atoms. The number of halogens is 1. The van der Waals surface area contributed by atoms with Crippen molar-refractivity contribution in [1.29, 1.82) is 0 Å². The van der Waals surface area contributed by atoms with Gasteiger partial charge in [0, 0.05) is 24.0 Å². The second-order valence-corrected chi connectivity index (χ2v) is 7.95. The minimum absolute atomic E-state index is 0.242. The highest BCUT2D eigenvalue weighted by molar-refractivity contribution is 7.89. The molecule has 3 rings (SSSR count). The van der Waals surface area contributed by atoms with Gasteiger partial charge < -0.3 is 4.74 Å². The molecule has 6 nitrogen and oxygen atoms in total. The fourth-order valence-corrected chi connectivity index (χ4v) is 4.71. The summed E-state index contributed by atoms with van der Waals surface area (Å²) in [6.45, 7) is 2.45. The Bertz CT molecular complexity index is 815. The maximum atomic E-state index is 12.9. The second kappa shape index (κ2) is 7.04. The summed E-state index contributed by atoms with van der Waals surface area (Å²) in [7, 11) is -3.61. The molecule has 1 atom stereocenters. The number of piperidine rings is 1. The quantitative estimate of drug-likeness (QED) is 0.830. The molecule has 1 aliphatic rings. The van der Waals surface area contributed by atoms with Crippen molar-refractivity contribution in [2.24, 2.45) is 0 Å². The number of ether oxygens (including phenoxy) is 1. The first-order chi connectivity index (χ1) is 11.5. The Kier molecular flexibility index (Phi) is 5.03. The van der Waals surface area contributed by atoms with Gasteiger partial charge in [0.2, 0.25) is 10.0 Å². The summed E-state index contributed by atoms with van der Waals surface area (Å²) in [6.07, 6.45) is 4.40. The molecular formula is C16H18ClN3O3S. The second-order valence-electron chi connectivity index (χ2n) is 5.64. The Morgan fingerprint density at radius 2 is 2.00 bits per heavy atom. The van der Waals surface area contributed by atoms with Crippen molar-refractivity contribution in [3.05, 3.63) is 47.2 Å². The van der Waals surface area contributed by atoms with Crippen LogP contribution in [0.4, 0.5) is 0 Å². The van der Waals surface area contributed by atoms with E-state index in [1.54, 1.807) is 43.6 Å². The lowest BCUT2D eigenvalue weighted by atomic mass is 10.1. The molecule has 1 unspecified atom stereocenters. The Morgan fingerprint density at radius 3 is 2.75 bits per heavy atom. The molecule has 1 saturated heterocycles. The number of aromatic nitrogens is 2. The smallest absolute Gasteiger partial charge is 0.316 e. The predicted octanol–water partition coefficient (Wildman–Crippen LogP) is 2.67. The highest BCUT2D eigenvalue weighted by Crippen LogP contribution is 2.28. The molecule has 1 fully saturated rings. The third-order valence-corrected chi connectivity index (χ3v) is 6.41. The van der Waals surface area contributed by atoms with Crippen molar-refractivity contribution in [1.82, 2.24) is 14.3 Å². The summed E-state index contributed by atoms with van der Waals surface area (Å²) in [5.74, 6) is 0. The standard InChI is InChI=1S/C16H18ClN3O3S/c1-12-14(17)6-2-7-15(12)24(21,22)20-10-3-5-13(11-20)23-16-18-8-4-9-19-16/h2,4,6-9,13H,3,5,10-11H2,1H3. The summed E-state index contributed by atoms with van der Waals surface area (Å²) in [5, 5.41) is 0.443. The Balaban J connectivity index is 1.80. The van der Waals surface area contributed by atoms with E-state index in [4.69, 9.17) is 16.3 Å². The fourth-order valence-electron chi connectivity index (χ4n) is 2.72. The van der Waals surface area contributed by atoms with Crippen molar-refractivity contribution in [2.45, 2.75) is 30.8 Å². The number of rotatable bonds is 4. The van der Waals surface area contributed by atoms with Crippen molar-refractivity contribution < 1.29 is 13.2 Å². The first-order valence-electron chi connectivity index (χ1n) is 7.67. The summed E-state index contributed by atoms with van der Waals surface area (Å²) in [4.78, 5) is 8.29. The van der Waals surface area contributed by atoms with Crippen LogP contribution in [0.15, 0.2) is 41.6 Å². The van der Waals surface area contributed by atoms with Crippen LogP contribution in [0.2, 0.25) is 5.02 Å². The molecule has 0 saturated carbocycles. The number of sulfonamides is 1. The fraction of sp³-hybridized carbons (Fsp3) is 0.375. The molecule has 0 amide bonds. The van der Waals surface area contributed by atoms with E-state index in [-0.39, 0.29) is 23.6 Å². The van der Waals surface area contributed by atoms with Gasteiger partial charge in [-0.2, -0.15) is 4.31 Å². The van der Waals surface area contributed by atoms with E-state index in [9.17, 15) is 8.42 Å². The largest absolute Gasteiger partial charge is 0.459 e. The van der Waals surface area contributed by atoms with Gasteiger partial charge in [-0.1, -0.05) is 17.7 Å². The van der Waals surface area contributed by atoms with Crippen LogP contribution in [0.25, 0.3) is 0 Å². The van der Waals surface area contributed by atoms with Crippen molar-refractivity contribution in [3.63, 3.8) is 0 Å². The van der Waals surface area contributed by atoms with Gasteiger partial charge in [-0.3, -0.25) is 0 Å². The first kappa shape index (κ1) is 17.1. The average molecular weight is 368 g/mol. The molecule has 128 valence electrons. The van der Waals surface area contributed by atoms with Crippen LogP contribution in [0.3, 0.4) is 0 Å². The Morgan fingerprint density at radius 1 is 1.25 bits per heavy atom. The van der Waals surface area contributed by atoms with E-state index in [0.717, 1.165) is 12.8 Å². The third-order valence-electron chi connectivity index (χ3n) is 3.99. The van der Waals surface area contributed by atoms with Gasteiger partial charge in [0.25, 0.3) is 0 Å². The average Bonchev–Trinajstić information content (AvgIpc) is 2.58. The lowest BCUT2D eigenvalue weighted by Crippen LogP contribution is -2.44. The molecule has 0 radical (unpaired) electrons. The SMILES string of the molecule is Cc1c(Cl)cccc1S(=O)(=O)N1CCCC(Oc2ncccn2)C1. The zero-order valence-corrected chi connectivity index (χ0v) is 14.8. The van der Waals surface area contributed by atoms with E-state index in [1.165, 1.54) is 4.31 Å². The van der Waals surface area contributed by atoms with Gasteiger partial charge in [-0.25, -0.2) is 18.4 Å². The minimum atomic E-state index is -3.61. The molecule has 0 aliphatic carbocycles. The highest BCUT2D eigenvalue weighted by atomic mass is 35.5. The van der Waals surface area contributed by atoms with E-state index < -0.39 is 10.0 Å². The minimum Gasteiger partial charge on any atom is -0.459 e. The third kappa shape index (κ3) is 3.53. The topological polar surface area (TPSA) is 72.4 Å². The molecule has 24 heavy (non-hydrogen) atoms. The van der Waals surface area contributed by atoms with Gasteiger partial charge in [0.05, 0.1) is 11.4 Å². The Labute approximate surface area is 146 Å². The molecule has 1 aliphatic heterocycles. The van der Waals surface area contributed by atoms with Crippen molar-refractivity contribution >= 4 is 21.6 Å². The molecule has 0 spiro atoms. The molecular weight excluding hydrogens is 350 g/mol. The van der Waals surface area contributed by atoms with Crippen LogP contribution in [0.1, 0.15) is 18.4 Å². The first-order valence-corrected chi connectivity index (χ1v) is 9.49. The van der Waals surface area contributed by atoms with E-state index in [0.29, 0.717) is 17.1 Å². The lowest BCUT2D eigenvalue weighted by molar-refractivity contribution is 0.119. The normalized spacial score (nSPS) is 19.2. The molecule has 8 heteroatoms. The molecule has 2 heterocycles. The number of hydrogen-bond acceptors (Lipinski definition) is 5. The number of nitrogens with zero attached hydrogens (tertiary/aromatic N) is 3. The predicted molar refractivity (Wildman–Crippen MR) is 90.6 cm³/mol. The van der Waals surface area contributed by atoms with Crippen LogP contribution in [0.5, 0.6) is 6.01 Å². The highest BCUT2D eigenvalue weighted by Gasteiger charge is 2.32. The molecule has 1 aromatic heterocycles. The van der Waals surface area contributed by atoms with Crippen molar-refractivity contribution in [2.75, 3.05) is 13.1 Å². The summed E-state index contributed by atoms with van der Waals surface area (Å²) in [5.41, 5.74) is 0.564. The van der Waals surface area contributed by atoms with Gasteiger partial charge >= 0.3 is 6.01 Å². The van der Waals surface area contributed by atoms with Crippen LogP contribution in [-0.2, 0) is 10.0 Å². The Hall–Kier alpha value is -1.70. The summed E-state index contributed by atoms with van der Waals surface area (Å²) >= 11 is 6.07. The van der Waals surface area contributed by atoms with Gasteiger partial charge in [0.15, 0.2) is 0 Å². The molecule has 0 N–H and O–H groups in total. The van der Waals surface area contributed by atoms with Crippen molar-refractivity contribution in [3.8, 4) is 6.01 Å². The molecule has 2 aromatic rings. The monoisotopic (exact) mass is 367 g/mol. The summed E-state index contributed by atoms with van der Waals surface area (Å²) < 4.78 is 33.0. The maximum absolute atomic E-state index is 12.9. The van der Waals surface area contributed by atoms with Crippen LogP contribution < -0.4 is 4.74 Å². The van der Waals surface area contributed by atoms with Crippen LogP contribution in [0, 0.1) is 6.92 Å². The summed E-state index contributed by atoms with van der Waals surface area (Å²) in [6, 6.07) is 6.89. The van der Waals surface area contributed by atoms with Gasteiger partial charge in [-0.15, -0.1) is 0 Å². The van der Waals surface area contributed by atoms with Crippen LogP contribution >= 0.6 is 11.6 Å². The number of benzene rings is 1. The maximum Gasteiger partial charge on any atom is 0.316 e. The van der Waals surface area contributed by atoms with Crippen LogP contribution in [-0.4, -0.2) is 41.9 Å². The molecule has 1 aromatic carbocycles. The number of hydrogen-bond donors (Lipinski definition) is 0. The zero-order chi connectivity index (χ0) is 17.2. The van der Waals surface area contributed by atoms with Gasteiger partial charge in [0.1, 0.15) is 6.10 Å². The van der Waals surface area contributed by atoms with Gasteiger partial charge in [-0.05, 0) is 43.5 Å². The van der Waals surface area contributed by atoms with E-state index >= 15 is 0 Å².